The van der Waals surface area contributed by atoms with Crippen molar-refractivity contribution in [3.8, 4) is 11.5 Å². The maximum atomic E-state index is 11.2. The second-order valence-electron chi connectivity index (χ2n) is 4.12. The zero-order valence-corrected chi connectivity index (χ0v) is 11.1. The fourth-order valence-corrected chi connectivity index (χ4v) is 1.69. The van der Waals surface area contributed by atoms with Crippen LogP contribution in [0, 0.1) is 0 Å². The topological polar surface area (TPSA) is 52.6 Å². The van der Waals surface area contributed by atoms with Gasteiger partial charge in [0, 0.05) is 12.5 Å². The number of hydrogen-bond acceptors (Lipinski definition) is 4. The van der Waals surface area contributed by atoms with E-state index < -0.39 is 5.97 Å². The Morgan fingerprint density at radius 2 is 1.60 bits per heavy atom. The van der Waals surface area contributed by atoms with Crippen LogP contribution >= 0.6 is 0 Å². The molecule has 102 valence electrons. The van der Waals surface area contributed by atoms with Crippen LogP contribution < -0.4 is 9.47 Å². The molecule has 0 aromatic heterocycles. The Bertz CT molecular complexity index is 673. The number of fused-ring (bicyclic) bond motifs is 1. The summed E-state index contributed by atoms with van der Waals surface area (Å²) in [7, 11) is 0. The zero-order valence-electron chi connectivity index (χ0n) is 11.1. The average molecular weight is 270 g/mol. The molecule has 4 heteroatoms. The SMILES string of the molecule is C=CC(=O)Oc1ccc2cc(OC(=O)CC)ccc2c1. The fraction of sp³-hybridized carbons (Fsp3) is 0.125. The van der Waals surface area contributed by atoms with Gasteiger partial charge < -0.3 is 9.47 Å². The highest BCUT2D eigenvalue weighted by Crippen LogP contribution is 2.25. The van der Waals surface area contributed by atoms with Gasteiger partial charge in [-0.2, -0.15) is 0 Å². The molecule has 2 rings (SSSR count). The third-order valence-electron chi connectivity index (χ3n) is 2.69. The number of hydrogen-bond donors (Lipinski definition) is 0. The number of esters is 2. The van der Waals surface area contributed by atoms with E-state index in [1.165, 1.54) is 0 Å². The monoisotopic (exact) mass is 270 g/mol. The van der Waals surface area contributed by atoms with E-state index in [1.54, 1.807) is 43.3 Å². The minimum Gasteiger partial charge on any atom is -0.427 e. The Morgan fingerprint density at radius 1 is 1.05 bits per heavy atom. The summed E-state index contributed by atoms with van der Waals surface area (Å²) in [5.74, 6) is 0.166. The lowest BCUT2D eigenvalue weighted by Gasteiger charge is -2.06. The van der Waals surface area contributed by atoms with Crippen molar-refractivity contribution in [2.24, 2.45) is 0 Å². The summed E-state index contributed by atoms with van der Waals surface area (Å²) in [5.41, 5.74) is 0. The lowest BCUT2D eigenvalue weighted by Crippen LogP contribution is -2.05. The maximum Gasteiger partial charge on any atom is 0.335 e. The van der Waals surface area contributed by atoms with Gasteiger partial charge in [0.15, 0.2) is 0 Å². The minimum atomic E-state index is -0.502. The molecule has 0 saturated carbocycles. The van der Waals surface area contributed by atoms with Crippen molar-refractivity contribution in [2.45, 2.75) is 13.3 Å². The van der Waals surface area contributed by atoms with E-state index in [1.807, 2.05) is 0 Å². The minimum absolute atomic E-state index is 0.277. The van der Waals surface area contributed by atoms with Gasteiger partial charge in [-0.05, 0) is 35.0 Å². The summed E-state index contributed by atoms with van der Waals surface area (Å²) in [4.78, 5) is 22.4. The molecule has 0 amide bonds. The zero-order chi connectivity index (χ0) is 14.5. The first-order valence-electron chi connectivity index (χ1n) is 6.21. The van der Waals surface area contributed by atoms with Gasteiger partial charge in [-0.3, -0.25) is 4.79 Å². The molecule has 0 bridgehead atoms. The molecule has 20 heavy (non-hydrogen) atoms. The summed E-state index contributed by atoms with van der Waals surface area (Å²) in [6, 6.07) is 10.5. The van der Waals surface area contributed by atoms with Crippen molar-refractivity contribution in [1.82, 2.24) is 0 Å². The second kappa shape index (κ2) is 6.02. The van der Waals surface area contributed by atoms with E-state index in [-0.39, 0.29) is 5.97 Å². The van der Waals surface area contributed by atoms with E-state index in [9.17, 15) is 9.59 Å². The molecule has 0 aliphatic rings. The summed E-state index contributed by atoms with van der Waals surface area (Å²) in [5, 5.41) is 1.78. The van der Waals surface area contributed by atoms with Crippen LogP contribution in [0.15, 0.2) is 49.1 Å². The van der Waals surface area contributed by atoms with Gasteiger partial charge in [0.1, 0.15) is 11.5 Å². The van der Waals surface area contributed by atoms with Crippen LogP contribution in [0.25, 0.3) is 10.8 Å². The van der Waals surface area contributed by atoms with Crippen LogP contribution in [0.3, 0.4) is 0 Å². The van der Waals surface area contributed by atoms with Crippen LogP contribution in [0.1, 0.15) is 13.3 Å². The van der Waals surface area contributed by atoms with Gasteiger partial charge in [0.2, 0.25) is 0 Å². The van der Waals surface area contributed by atoms with Crippen molar-refractivity contribution in [3.63, 3.8) is 0 Å². The second-order valence-corrected chi connectivity index (χ2v) is 4.12. The van der Waals surface area contributed by atoms with Crippen molar-refractivity contribution < 1.29 is 19.1 Å². The van der Waals surface area contributed by atoms with Crippen LogP contribution in [0.2, 0.25) is 0 Å². The van der Waals surface area contributed by atoms with E-state index in [0.29, 0.717) is 17.9 Å². The maximum absolute atomic E-state index is 11.2. The first-order chi connectivity index (χ1) is 9.62. The van der Waals surface area contributed by atoms with Crippen molar-refractivity contribution >= 4 is 22.7 Å². The third kappa shape index (κ3) is 3.23. The summed E-state index contributed by atoms with van der Waals surface area (Å²) < 4.78 is 10.2. The Kier molecular flexibility index (Phi) is 4.15. The quantitative estimate of drug-likeness (QED) is 0.486. The molecule has 2 aromatic rings. The Balaban J connectivity index is 2.27. The Hall–Kier alpha value is -2.62. The van der Waals surface area contributed by atoms with E-state index in [4.69, 9.17) is 9.47 Å². The van der Waals surface area contributed by atoms with Crippen LogP contribution in [0.5, 0.6) is 11.5 Å². The smallest absolute Gasteiger partial charge is 0.335 e. The standard InChI is InChI=1S/C16H14O4/c1-3-15(17)19-13-7-5-12-10-14(20-16(18)4-2)8-6-11(12)9-13/h3,5-10H,1,4H2,2H3. The van der Waals surface area contributed by atoms with Crippen LogP contribution in [-0.4, -0.2) is 11.9 Å². The molecule has 0 unspecified atom stereocenters. The van der Waals surface area contributed by atoms with Gasteiger partial charge >= 0.3 is 11.9 Å². The third-order valence-corrected chi connectivity index (χ3v) is 2.69. The molecule has 0 spiro atoms. The highest BCUT2D eigenvalue weighted by Gasteiger charge is 2.05. The molecule has 2 aromatic carbocycles. The van der Waals surface area contributed by atoms with Crippen LogP contribution in [0.4, 0.5) is 0 Å². The lowest BCUT2D eigenvalue weighted by atomic mass is 10.1. The molecule has 0 aliphatic heterocycles. The summed E-state index contributed by atoms with van der Waals surface area (Å²) in [6.07, 6.45) is 1.44. The largest absolute Gasteiger partial charge is 0.427 e. The van der Waals surface area contributed by atoms with Gasteiger partial charge in [0.05, 0.1) is 0 Å². The summed E-state index contributed by atoms with van der Waals surface area (Å²) >= 11 is 0. The molecular formula is C16H14O4. The Labute approximate surface area is 116 Å². The van der Waals surface area contributed by atoms with Gasteiger partial charge in [-0.25, -0.2) is 4.79 Å². The van der Waals surface area contributed by atoms with E-state index >= 15 is 0 Å². The molecule has 0 atom stereocenters. The molecule has 0 N–H and O–H groups in total. The molecule has 0 aliphatic carbocycles. The first-order valence-corrected chi connectivity index (χ1v) is 6.21. The van der Waals surface area contributed by atoms with Gasteiger partial charge in [0.25, 0.3) is 0 Å². The number of carbonyl (C=O) groups is 2. The van der Waals surface area contributed by atoms with E-state index in [2.05, 4.69) is 6.58 Å². The first kappa shape index (κ1) is 13.8. The highest BCUT2D eigenvalue weighted by atomic mass is 16.5. The van der Waals surface area contributed by atoms with Gasteiger partial charge in [-0.15, -0.1) is 0 Å². The number of rotatable bonds is 4. The highest BCUT2D eigenvalue weighted by molar-refractivity contribution is 5.88. The molecule has 0 saturated heterocycles. The lowest BCUT2D eigenvalue weighted by molar-refractivity contribution is -0.134. The molecule has 0 fully saturated rings. The fourth-order valence-electron chi connectivity index (χ4n) is 1.69. The average Bonchev–Trinajstić information content (AvgIpc) is 2.47. The molecule has 0 heterocycles. The number of benzene rings is 2. The number of ether oxygens (including phenoxy) is 2. The molecule has 4 nitrogen and oxygen atoms in total. The predicted octanol–water partition coefficient (Wildman–Crippen LogP) is 3.25. The normalized spacial score (nSPS) is 10.1. The van der Waals surface area contributed by atoms with Gasteiger partial charge in [-0.1, -0.05) is 25.6 Å². The van der Waals surface area contributed by atoms with E-state index in [0.717, 1.165) is 16.8 Å². The molecule has 0 radical (unpaired) electrons. The van der Waals surface area contributed by atoms with Crippen molar-refractivity contribution in [2.75, 3.05) is 0 Å². The van der Waals surface area contributed by atoms with Crippen LogP contribution in [-0.2, 0) is 9.59 Å². The Morgan fingerprint density at radius 3 is 2.10 bits per heavy atom. The predicted molar refractivity (Wildman–Crippen MR) is 75.7 cm³/mol. The number of carbonyl (C=O) groups excluding carboxylic acids is 2. The van der Waals surface area contributed by atoms with Crippen molar-refractivity contribution in [1.29, 1.82) is 0 Å². The summed E-state index contributed by atoms with van der Waals surface area (Å²) in [6.45, 7) is 5.08. The van der Waals surface area contributed by atoms with Crippen molar-refractivity contribution in [3.05, 3.63) is 49.1 Å². The molecular weight excluding hydrogens is 256 g/mol.